The standard InChI is InChI=1S/C29H29N3O5/c33-16-6-15-32-25(27(35)31-21-12-11-18-7-4-5-8-19(18)17-21)29-14-13-22(37-29)23(24(29)28(32)36)26(34)30-20-9-2-1-3-10-20/h1-5,7-12,17,22-25,33H,6,13-16H2,(H,30,34)(H,31,35)/t22-,23+,24+,25?,29?/m1/s1. The van der Waals surface area contributed by atoms with Crippen LogP contribution in [-0.2, 0) is 19.1 Å². The van der Waals surface area contributed by atoms with Crippen molar-refractivity contribution in [1.82, 2.24) is 4.90 Å². The second-order valence-corrected chi connectivity index (χ2v) is 10.1. The molecule has 3 aliphatic heterocycles. The molecule has 2 unspecified atom stereocenters. The first-order chi connectivity index (χ1) is 18.0. The number of anilines is 2. The first kappa shape index (κ1) is 23.6. The molecular formula is C29H29N3O5. The molecule has 3 heterocycles. The number of ether oxygens (including phenoxy) is 1. The highest BCUT2D eigenvalue weighted by atomic mass is 16.5. The Kier molecular flexibility index (Phi) is 5.93. The Labute approximate surface area is 214 Å². The smallest absolute Gasteiger partial charge is 0.250 e. The molecule has 5 atom stereocenters. The summed E-state index contributed by atoms with van der Waals surface area (Å²) < 4.78 is 6.43. The number of carbonyl (C=O) groups is 3. The van der Waals surface area contributed by atoms with Gasteiger partial charge in [0.05, 0.1) is 17.9 Å². The van der Waals surface area contributed by atoms with Crippen molar-refractivity contribution >= 4 is 39.9 Å². The maximum atomic E-state index is 13.8. The Morgan fingerprint density at radius 3 is 2.46 bits per heavy atom. The van der Waals surface area contributed by atoms with E-state index in [2.05, 4.69) is 10.6 Å². The molecule has 3 aromatic rings. The minimum atomic E-state index is -1.07. The van der Waals surface area contributed by atoms with Crippen LogP contribution in [0.4, 0.5) is 11.4 Å². The average molecular weight is 500 g/mol. The van der Waals surface area contributed by atoms with Crippen LogP contribution in [0.5, 0.6) is 0 Å². The Bertz CT molecular complexity index is 1360. The summed E-state index contributed by atoms with van der Waals surface area (Å²) in [5.74, 6) is -2.30. The lowest BCUT2D eigenvalue weighted by atomic mass is 9.70. The fourth-order valence-corrected chi connectivity index (χ4v) is 6.46. The van der Waals surface area contributed by atoms with Crippen molar-refractivity contribution in [3.05, 3.63) is 72.8 Å². The Morgan fingerprint density at radius 2 is 1.68 bits per heavy atom. The van der Waals surface area contributed by atoms with Crippen LogP contribution < -0.4 is 10.6 Å². The van der Waals surface area contributed by atoms with E-state index < -0.39 is 29.6 Å². The van der Waals surface area contributed by atoms with E-state index in [0.29, 0.717) is 30.6 Å². The number of nitrogens with one attached hydrogen (secondary N) is 2. The quantitative estimate of drug-likeness (QED) is 0.463. The van der Waals surface area contributed by atoms with Gasteiger partial charge in [-0.1, -0.05) is 48.5 Å². The van der Waals surface area contributed by atoms with Gasteiger partial charge in [0.1, 0.15) is 11.6 Å². The van der Waals surface area contributed by atoms with Gasteiger partial charge in [0.2, 0.25) is 17.7 Å². The van der Waals surface area contributed by atoms with Crippen LogP contribution in [0.1, 0.15) is 19.3 Å². The lowest BCUT2D eigenvalue weighted by Crippen LogP contribution is -2.53. The number of para-hydroxylation sites is 1. The minimum absolute atomic E-state index is 0.109. The van der Waals surface area contributed by atoms with Gasteiger partial charge in [-0.25, -0.2) is 0 Å². The topological polar surface area (TPSA) is 108 Å². The van der Waals surface area contributed by atoms with Crippen LogP contribution in [0.2, 0.25) is 0 Å². The maximum Gasteiger partial charge on any atom is 0.250 e. The molecule has 0 saturated carbocycles. The van der Waals surface area contributed by atoms with Crippen LogP contribution in [-0.4, -0.2) is 58.6 Å². The predicted molar refractivity (Wildman–Crippen MR) is 139 cm³/mol. The van der Waals surface area contributed by atoms with E-state index >= 15 is 0 Å². The highest BCUT2D eigenvalue weighted by Crippen LogP contribution is 2.58. The van der Waals surface area contributed by atoms with Gasteiger partial charge in [-0.15, -0.1) is 0 Å². The number of hydrogen-bond acceptors (Lipinski definition) is 5. The summed E-state index contributed by atoms with van der Waals surface area (Å²) in [6.45, 7) is 0.103. The summed E-state index contributed by atoms with van der Waals surface area (Å²) in [5.41, 5.74) is 0.207. The number of fused-ring (bicyclic) bond motifs is 2. The van der Waals surface area contributed by atoms with E-state index in [1.165, 1.54) is 4.90 Å². The van der Waals surface area contributed by atoms with Crippen molar-refractivity contribution in [2.75, 3.05) is 23.8 Å². The molecule has 2 bridgehead atoms. The van der Waals surface area contributed by atoms with Gasteiger partial charge in [-0.2, -0.15) is 0 Å². The number of nitrogens with zero attached hydrogens (tertiary/aromatic N) is 1. The third-order valence-electron chi connectivity index (χ3n) is 7.97. The third-order valence-corrected chi connectivity index (χ3v) is 7.97. The number of hydrogen-bond donors (Lipinski definition) is 3. The minimum Gasteiger partial charge on any atom is -0.396 e. The van der Waals surface area contributed by atoms with Crippen molar-refractivity contribution in [2.45, 2.75) is 37.0 Å². The monoisotopic (exact) mass is 499 g/mol. The molecule has 8 nitrogen and oxygen atoms in total. The SMILES string of the molecule is O=C(Nc1ccc2ccccc2c1)C1N(CCCO)C(=O)[C@@H]2[C@@H](C(=O)Nc3ccccc3)[C@H]3CCC12O3. The zero-order valence-electron chi connectivity index (χ0n) is 20.3. The van der Waals surface area contributed by atoms with E-state index in [-0.39, 0.29) is 30.9 Å². The number of aliphatic hydroxyl groups is 1. The average Bonchev–Trinajstić information content (AvgIpc) is 3.55. The number of rotatable bonds is 7. The van der Waals surface area contributed by atoms with Crippen LogP contribution in [0.25, 0.3) is 10.8 Å². The summed E-state index contributed by atoms with van der Waals surface area (Å²) >= 11 is 0. The predicted octanol–water partition coefficient (Wildman–Crippen LogP) is 3.17. The molecule has 3 saturated heterocycles. The number of likely N-dealkylation sites (tertiary alicyclic amines) is 1. The van der Waals surface area contributed by atoms with Crippen molar-refractivity contribution < 1.29 is 24.2 Å². The van der Waals surface area contributed by atoms with E-state index in [4.69, 9.17) is 4.74 Å². The summed E-state index contributed by atoms with van der Waals surface area (Å²) in [5, 5.41) is 17.5. The second kappa shape index (κ2) is 9.28. The van der Waals surface area contributed by atoms with Crippen molar-refractivity contribution in [1.29, 1.82) is 0 Å². The van der Waals surface area contributed by atoms with Gasteiger partial charge in [0, 0.05) is 24.5 Å². The van der Waals surface area contributed by atoms with Crippen LogP contribution in [0.15, 0.2) is 72.8 Å². The Morgan fingerprint density at radius 1 is 0.946 bits per heavy atom. The fraction of sp³-hybridized carbons (Fsp3) is 0.345. The molecular weight excluding hydrogens is 470 g/mol. The van der Waals surface area contributed by atoms with Crippen molar-refractivity contribution in [2.24, 2.45) is 11.8 Å². The number of benzene rings is 3. The van der Waals surface area contributed by atoms with E-state index in [0.717, 1.165) is 10.8 Å². The zero-order valence-corrected chi connectivity index (χ0v) is 20.3. The largest absolute Gasteiger partial charge is 0.396 e. The van der Waals surface area contributed by atoms with E-state index in [9.17, 15) is 19.5 Å². The molecule has 3 N–H and O–H groups in total. The van der Waals surface area contributed by atoms with E-state index in [1.807, 2.05) is 60.7 Å². The Hall–Kier alpha value is -3.75. The van der Waals surface area contributed by atoms with Crippen LogP contribution in [0, 0.1) is 11.8 Å². The van der Waals surface area contributed by atoms with Gasteiger partial charge in [-0.3, -0.25) is 14.4 Å². The van der Waals surface area contributed by atoms with Crippen molar-refractivity contribution in [3.8, 4) is 0 Å². The molecule has 0 radical (unpaired) electrons. The Balaban J connectivity index is 1.31. The maximum absolute atomic E-state index is 13.8. The molecule has 3 amide bonds. The first-order valence-electron chi connectivity index (χ1n) is 12.8. The van der Waals surface area contributed by atoms with Crippen LogP contribution in [0.3, 0.4) is 0 Å². The molecule has 190 valence electrons. The van der Waals surface area contributed by atoms with Gasteiger partial charge in [0.15, 0.2) is 0 Å². The molecule has 6 rings (SSSR count). The van der Waals surface area contributed by atoms with Gasteiger partial charge in [0.25, 0.3) is 0 Å². The molecule has 3 aliphatic rings. The molecule has 0 aromatic heterocycles. The fourth-order valence-electron chi connectivity index (χ4n) is 6.46. The molecule has 3 fully saturated rings. The summed E-state index contributed by atoms with van der Waals surface area (Å²) in [6, 6.07) is 21.8. The normalized spacial score (nSPS) is 27.9. The first-order valence-corrected chi connectivity index (χ1v) is 12.8. The highest BCUT2D eigenvalue weighted by Gasteiger charge is 2.74. The van der Waals surface area contributed by atoms with Gasteiger partial charge in [-0.05, 0) is 54.3 Å². The lowest BCUT2D eigenvalue weighted by molar-refractivity contribution is -0.139. The summed E-state index contributed by atoms with van der Waals surface area (Å²) in [7, 11) is 0. The third kappa shape index (κ3) is 3.88. The van der Waals surface area contributed by atoms with Crippen molar-refractivity contribution in [3.63, 3.8) is 0 Å². The van der Waals surface area contributed by atoms with Gasteiger partial charge >= 0.3 is 0 Å². The number of amides is 3. The molecule has 3 aromatic carbocycles. The van der Waals surface area contributed by atoms with Crippen LogP contribution >= 0.6 is 0 Å². The molecule has 1 spiro atoms. The van der Waals surface area contributed by atoms with E-state index in [1.54, 1.807) is 12.1 Å². The number of carbonyl (C=O) groups excluding carboxylic acids is 3. The van der Waals surface area contributed by atoms with Gasteiger partial charge < -0.3 is 25.4 Å². The zero-order chi connectivity index (χ0) is 25.6. The molecule has 37 heavy (non-hydrogen) atoms. The molecule has 8 heteroatoms. The summed E-state index contributed by atoms with van der Waals surface area (Å²) in [6.07, 6.45) is 1.03. The highest BCUT2D eigenvalue weighted by molar-refractivity contribution is 6.05. The summed E-state index contributed by atoms with van der Waals surface area (Å²) in [4.78, 5) is 42.5. The second-order valence-electron chi connectivity index (χ2n) is 10.1. The molecule has 0 aliphatic carbocycles. The lowest BCUT2D eigenvalue weighted by Gasteiger charge is -2.33. The number of aliphatic hydroxyl groups excluding tert-OH is 1.